The van der Waals surface area contributed by atoms with Gasteiger partial charge in [-0.2, -0.15) is 0 Å². The number of halogens is 3. The molecule has 5 heteroatoms. The molecule has 0 aliphatic rings. The minimum Gasteiger partial charge on any atom is -0.377 e. The van der Waals surface area contributed by atoms with Gasteiger partial charge in [0.1, 0.15) is 0 Å². The minimum absolute atomic E-state index is 0.241. The number of thiophene rings is 1. The van der Waals surface area contributed by atoms with Crippen LogP contribution in [0.15, 0.2) is 39.3 Å². The lowest BCUT2D eigenvalue weighted by Gasteiger charge is -2.15. The van der Waals surface area contributed by atoms with Gasteiger partial charge in [0.25, 0.3) is 0 Å². The molecule has 0 bridgehead atoms. The minimum atomic E-state index is 0.241. The zero-order chi connectivity index (χ0) is 12.4. The summed E-state index contributed by atoms with van der Waals surface area (Å²) in [6.45, 7) is 2.12. The van der Waals surface area contributed by atoms with Crippen LogP contribution in [0.4, 0.5) is 5.69 Å². The molecule has 0 amide bonds. The van der Waals surface area contributed by atoms with Crippen molar-refractivity contribution in [1.82, 2.24) is 0 Å². The topological polar surface area (TPSA) is 12.0 Å². The number of hydrogen-bond acceptors (Lipinski definition) is 2. The molecule has 2 rings (SSSR count). The van der Waals surface area contributed by atoms with Crippen LogP contribution in [0.2, 0.25) is 4.34 Å². The summed E-state index contributed by atoms with van der Waals surface area (Å²) in [4.78, 5) is 1.23. The van der Waals surface area contributed by atoms with Crippen LogP contribution in [0, 0.1) is 0 Å². The van der Waals surface area contributed by atoms with Crippen LogP contribution in [-0.4, -0.2) is 0 Å². The highest BCUT2D eigenvalue weighted by Gasteiger charge is 2.09. The molecule has 1 heterocycles. The first-order chi connectivity index (χ1) is 8.06. The highest BCUT2D eigenvalue weighted by molar-refractivity contribution is 9.11. The van der Waals surface area contributed by atoms with Crippen LogP contribution in [-0.2, 0) is 0 Å². The van der Waals surface area contributed by atoms with Gasteiger partial charge >= 0.3 is 0 Å². The van der Waals surface area contributed by atoms with E-state index >= 15 is 0 Å². The van der Waals surface area contributed by atoms with Gasteiger partial charge in [-0.15, -0.1) is 11.3 Å². The summed E-state index contributed by atoms with van der Waals surface area (Å²) in [5, 5.41) is 3.45. The molecule has 0 fully saturated rings. The second kappa shape index (κ2) is 5.74. The Bertz CT molecular complexity index is 527. The van der Waals surface area contributed by atoms with Crippen molar-refractivity contribution >= 4 is 60.5 Å². The van der Waals surface area contributed by atoms with Gasteiger partial charge in [0, 0.05) is 19.5 Å². The summed E-state index contributed by atoms with van der Waals surface area (Å²) < 4.78 is 2.92. The van der Waals surface area contributed by atoms with Crippen molar-refractivity contribution in [2.75, 3.05) is 5.32 Å². The molecule has 0 radical (unpaired) electrons. The van der Waals surface area contributed by atoms with Crippen LogP contribution < -0.4 is 5.32 Å². The van der Waals surface area contributed by atoms with Crippen molar-refractivity contribution in [3.63, 3.8) is 0 Å². The molecular weight excluding hydrogens is 385 g/mol. The molecule has 1 atom stereocenters. The van der Waals surface area contributed by atoms with E-state index in [1.165, 1.54) is 4.88 Å². The molecule has 2 aromatic rings. The molecule has 0 spiro atoms. The Kier molecular flexibility index (Phi) is 4.53. The predicted molar refractivity (Wildman–Crippen MR) is 83.2 cm³/mol. The van der Waals surface area contributed by atoms with E-state index in [9.17, 15) is 0 Å². The Balaban J connectivity index is 2.15. The third-order valence-corrected chi connectivity index (χ3v) is 4.89. The fourth-order valence-electron chi connectivity index (χ4n) is 1.47. The molecule has 1 unspecified atom stereocenters. The summed E-state index contributed by atoms with van der Waals surface area (Å²) in [6, 6.07) is 10.3. The van der Waals surface area contributed by atoms with E-state index < -0.39 is 0 Å². The van der Waals surface area contributed by atoms with Crippen molar-refractivity contribution in [2.24, 2.45) is 0 Å². The standard InChI is InChI=1S/C12H10Br2ClNS/c1-7(11-4-5-12(15)17-11)16-10-3-2-8(13)6-9(10)14/h2-7,16H,1H3. The highest BCUT2D eigenvalue weighted by atomic mass is 79.9. The Hall–Kier alpha value is -0.0300. The molecule has 0 saturated heterocycles. The Labute approximate surface area is 126 Å². The van der Waals surface area contributed by atoms with Gasteiger partial charge in [0.05, 0.1) is 10.4 Å². The fraction of sp³-hybridized carbons (Fsp3) is 0.167. The fourth-order valence-corrected chi connectivity index (χ4v) is 3.70. The maximum absolute atomic E-state index is 5.93. The second-order valence-electron chi connectivity index (χ2n) is 3.63. The maximum atomic E-state index is 5.93. The Morgan fingerprint density at radius 3 is 2.59 bits per heavy atom. The van der Waals surface area contributed by atoms with Crippen molar-refractivity contribution in [3.05, 3.63) is 48.5 Å². The molecule has 1 N–H and O–H groups in total. The SMILES string of the molecule is CC(Nc1ccc(Br)cc1Br)c1ccc(Cl)s1. The predicted octanol–water partition coefficient (Wildman–Crippen LogP) is 6.10. The third-order valence-electron chi connectivity index (χ3n) is 2.32. The molecule has 1 nitrogen and oxygen atoms in total. The third kappa shape index (κ3) is 3.47. The van der Waals surface area contributed by atoms with Crippen LogP contribution in [0.5, 0.6) is 0 Å². The Morgan fingerprint density at radius 1 is 1.24 bits per heavy atom. The van der Waals surface area contributed by atoms with E-state index in [0.29, 0.717) is 0 Å². The molecular formula is C12H10Br2ClNS. The Morgan fingerprint density at radius 2 is 2.00 bits per heavy atom. The number of benzene rings is 1. The average molecular weight is 396 g/mol. The number of rotatable bonds is 3. The monoisotopic (exact) mass is 393 g/mol. The van der Waals surface area contributed by atoms with Crippen molar-refractivity contribution < 1.29 is 0 Å². The molecule has 17 heavy (non-hydrogen) atoms. The average Bonchev–Trinajstić information content (AvgIpc) is 2.69. The van der Waals surface area contributed by atoms with Crippen LogP contribution in [0.3, 0.4) is 0 Å². The molecule has 0 saturated carbocycles. The van der Waals surface area contributed by atoms with Crippen LogP contribution in [0.1, 0.15) is 17.8 Å². The first-order valence-electron chi connectivity index (χ1n) is 5.03. The largest absolute Gasteiger partial charge is 0.377 e. The lowest BCUT2D eigenvalue weighted by Crippen LogP contribution is -2.05. The van der Waals surface area contributed by atoms with Crippen molar-refractivity contribution in [2.45, 2.75) is 13.0 Å². The lowest BCUT2D eigenvalue weighted by atomic mass is 10.2. The zero-order valence-electron chi connectivity index (χ0n) is 9.01. The van der Waals surface area contributed by atoms with E-state index in [0.717, 1.165) is 19.0 Å². The molecule has 0 aliphatic heterocycles. The van der Waals surface area contributed by atoms with E-state index in [1.807, 2.05) is 24.3 Å². The summed E-state index contributed by atoms with van der Waals surface area (Å²) >= 11 is 14.5. The van der Waals surface area contributed by atoms with Gasteiger partial charge in [-0.05, 0) is 53.2 Å². The number of nitrogens with one attached hydrogen (secondary N) is 1. The normalized spacial score (nSPS) is 12.5. The summed E-state index contributed by atoms with van der Waals surface area (Å²) in [5.41, 5.74) is 1.07. The lowest BCUT2D eigenvalue weighted by molar-refractivity contribution is 0.907. The van der Waals surface area contributed by atoms with Crippen LogP contribution in [0.25, 0.3) is 0 Å². The van der Waals surface area contributed by atoms with Gasteiger partial charge in [0.2, 0.25) is 0 Å². The first-order valence-corrected chi connectivity index (χ1v) is 7.81. The van der Waals surface area contributed by atoms with Gasteiger partial charge in [-0.1, -0.05) is 27.5 Å². The second-order valence-corrected chi connectivity index (χ2v) is 7.15. The number of hydrogen-bond donors (Lipinski definition) is 1. The first kappa shape index (κ1) is 13.4. The van der Waals surface area contributed by atoms with E-state index in [-0.39, 0.29) is 6.04 Å². The van der Waals surface area contributed by atoms with Gasteiger partial charge in [-0.25, -0.2) is 0 Å². The smallest absolute Gasteiger partial charge is 0.0932 e. The van der Waals surface area contributed by atoms with Crippen molar-refractivity contribution in [3.8, 4) is 0 Å². The van der Waals surface area contributed by atoms with E-state index in [4.69, 9.17) is 11.6 Å². The maximum Gasteiger partial charge on any atom is 0.0932 e. The highest BCUT2D eigenvalue weighted by Crippen LogP contribution is 2.32. The summed E-state index contributed by atoms with van der Waals surface area (Å²) in [5.74, 6) is 0. The number of anilines is 1. The van der Waals surface area contributed by atoms with Gasteiger partial charge in [-0.3, -0.25) is 0 Å². The molecule has 1 aromatic carbocycles. The van der Waals surface area contributed by atoms with E-state index in [1.54, 1.807) is 11.3 Å². The molecule has 0 aliphatic carbocycles. The molecule has 90 valence electrons. The quantitative estimate of drug-likeness (QED) is 0.662. The van der Waals surface area contributed by atoms with E-state index in [2.05, 4.69) is 50.2 Å². The zero-order valence-corrected chi connectivity index (χ0v) is 13.8. The van der Waals surface area contributed by atoms with Gasteiger partial charge < -0.3 is 5.32 Å². The summed E-state index contributed by atoms with van der Waals surface area (Å²) in [6.07, 6.45) is 0. The molecule has 1 aromatic heterocycles. The van der Waals surface area contributed by atoms with Crippen LogP contribution >= 0.6 is 54.8 Å². The summed E-state index contributed by atoms with van der Waals surface area (Å²) in [7, 11) is 0. The van der Waals surface area contributed by atoms with Crippen molar-refractivity contribution in [1.29, 1.82) is 0 Å². The van der Waals surface area contributed by atoms with Gasteiger partial charge in [0.15, 0.2) is 0 Å².